The number of nitrogens with one attached hydrogen (secondary N) is 1. The van der Waals surface area contributed by atoms with Crippen molar-refractivity contribution in [2.45, 2.75) is 72.4 Å². The highest BCUT2D eigenvalue weighted by atomic mass is 15.2. The van der Waals surface area contributed by atoms with Gasteiger partial charge in [0.15, 0.2) is 0 Å². The molecule has 0 aromatic carbocycles. The minimum absolute atomic E-state index is 0.731. The zero-order valence-corrected chi connectivity index (χ0v) is 13.2. The molecule has 1 N–H and O–H groups in total. The van der Waals surface area contributed by atoms with Crippen molar-refractivity contribution in [2.24, 2.45) is 11.8 Å². The zero-order chi connectivity index (χ0) is 13.5. The number of likely N-dealkylation sites (N-methyl/N-ethyl adjacent to an activating group) is 1. The van der Waals surface area contributed by atoms with E-state index in [-0.39, 0.29) is 0 Å². The van der Waals surface area contributed by atoms with Crippen molar-refractivity contribution >= 4 is 0 Å². The molecule has 0 saturated heterocycles. The SMILES string of the molecule is CCNC(CN(CC(C)C)C(CC)CC)C1CC1. The largest absolute Gasteiger partial charge is 0.313 e. The second-order valence-electron chi connectivity index (χ2n) is 6.32. The number of hydrogen-bond donors (Lipinski definition) is 1. The number of nitrogens with zero attached hydrogens (tertiary/aromatic N) is 1. The summed E-state index contributed by atoms with van der Waals surface area (Å²) in [6.45, 7) is 15.2. The molecule has 18 heavy (non-hydrogen) atoms. The molecule has 1 fully saturated rings. The Balaban J connectivity index is 2.56. The maximum absolute atomic E-state index is 3.71. The molecule has 1 atom stereocenters. The highest BCUT2D eigenvalue weighted by Crippen LogP contribution is 2.33. The van der Waals surface area contributed by atoms with Gasteiger partial charge in [-0.25, -0.2) is 0 Å². The van der Waals surface area contributed by atoms with E-state index in [4.69, 9.17) is 0 Å². The van der Waals surface area contributed by atoms with Crippen LogP contribution in [0.15, 0.2) is 0 Å². The summed E-state index contributed by atoms with van der Waals surface area (Å²) in [6, 6.07) is 1.50. The van der Waals surface area contributed by atoms with Crippen molar-refractivity contribution in [1.29, 1.82) is 0 Å². The molecule has 108 valence electrons. The van der Waals surface area contributed by atoms with Crippen LogP contribution in [0.2, 0.25) is 0 Å². The fourth-order valence-electron chi connectivity index (χ4n) is 3.04. The minimum atomic E-state index is 0.731. The van der Waals surface area contributed by atoms with E-state index in [1.165, 1.54) is 38.8 Å². The second kappa shape index (κ2) is 8.16. The average Bonchev–Trinajstić information content (AvgIpc) is 3.13. The molecule has 2 heteroatoms. The lowest BCUT2D eigenvalue weighted by Crippen LogP contribution is -2.47. The van der Waals surface area contributed by atoms with Crippen LogP contribution in [0.1, 0.15) is 60.3 Å². The maximum atomic E-state index is 3.71. The molecule has 1 unspecified atom stereocenters. The molecule has 0 aromatic heterocycles. The van der Waals surface area contributed by atoms with Gasteiger partial charge in [0, 0.05) is 25.2 Å². The van der Waals surface area contributed by atoms with Crippen molar-refractivity contribution in [1.82, 2.24) is 10.2 Å². The molecule has 1 saturated carbocycles. The lowest BCUT2D eigenvalue weighted by atomic mass is 10.0. The van der Waals surface area contributed by atoms with Crippen LogP contribution in [0.3, 0.4) is 0 Å². The molecule has 0 amide bonds. The van der Waals surface area contributed by atoms with E-state index in [0.29, 0.717) is 0 Å². The summed E-state index contributed by atoms with van der Waals surface area (Å²) in [6.07, 6.45) is 5.45. The first kappa shape index (κ1) is 16.0. The Morgan fingerprint density at radius 3 is 2.06 bits per heavy atom. The Morgan fingerprint density at radius 2 is 1.67 bits per heavy atom. The van der Waals surface area contributed by atoms with E-state index in [0.717, 1.165) is 30.5 Å². The maximum Gasteiger partial charge on any atom is 0.0223 e. The van der Waals surface area contributed by atoms with Crippen molar-refractivity contribution in [3.8, 4) is 0 Å². The summed E-state index contributed by atoms with van der Waals surface area (Å²) >= 11 is 0. The van der Waals surface area contributed by atoms with Gasteiger partial charge in [-0.2, -0.15) is 0 Å². The molecular weight excluding hydrogens is 220 g/mol. The van der Waals surface area contributed by atoms with Crippen LogP contribution in [0.25, 0.3) is 0 Å². The fourth-order valence-corrected chi connectivity index (χ4v) is 3.04. The van der Waals surface area contributed by atoms with Gasteiger partial charge in [0.1, 0.15) is 0 Å². The Kier molecular flexibility index (Phi) is 7.25. The van der Waals surface area contributed by atoms with E-state index in [9.17, 15) is 0 Å². The van der Waals surface area contributed by atoms with Crippen molar-refractivity contribution in [3.63, 3.8) is 0 Å². The summed E-state index contributed by atoms with van der Waals surface area (Å²) in [4.78, 5) is 2.75. The summed E-state index contributed by atoms with van der Waals surface area (Å²) in [5.41, 5.74) is 0. The van der Waals surface area contributed by atoms with E-state index in [1.54, 1.807) is 0 Å². The first-order valence-corrected chi connectivity index (χ1v) is 8.09. The third kappa shape index (κ3) is 5.27. The van der Waals surface area contributed by atoms with Gasteiger partial charge >= 0.3 is 0 Å². The van der Waals surface area contributed by atoms with E-state index in [2.05, 4.69) is 44.8 Å². The molecular formula is C16H34N2. The molecule has 0 radical (unpaired) electrons. The second-order valence-corrected chi connectivity index (χ2v) is 6.32. The van der Waals surface area contributed by atoms with Crippen LogP contribution in [-0.2, 0) is 0 Å². The third-order valence-electron chi connectivity index (χ3n) is 4.15. The van der Waals surface area contributed by atoms with Gasteiger partial charge in [-0.3, -0.25) is 4.90 Å². The molecule has 2 nitrogen and oxygen atoms in total. The van der Waals surface area contributed by atoms with Crippen LogP contribution in [0.5, 0.6) is 0 Å². The molecule has 0 spiro atoms. The quantitative estimate of drug-likeness (QED) is 0.642. The van der Waals surface area contributed by atoms with Gasteiger partial charge in [0.05, 0.1) is 0 Å². The number of hydrogen-bond acceptors (Lipinski definition) is 2. The molecule has 1 aliphatic rings. The van der Waals surface area contributed by atoms with Gasteiger partial charge in [0.25, 0.3) is 0 Å². The zero-order valence-electron chi connectivity index (χ0n) is 13.2. The van der Waals surface area contributed by atoms with Crippen molar-refractivity contribution in [3.05, 3.63) is 0 Å². The summed E-state index contributed by atoms with van der Waals surface area (Å²) in [7, 11) is 0. The monoisotopic (exact) mass is 254 g/mol. The van der Waals surface area contributed by atoms with E-state index >= 15 is 0 Å². The minimum Gasteiger partial charge on any atom is -0.313 e. The normalized spacial score (nSPS) is 18.0. The molecule has 0 heterocycles. The predicted octanol–water partition coefficient (Wildman–Crippen LogP) is 3.52. The number of rotatable bonds is 10. The van der Waals surface area contributed by atoms with Crippen LogP contribution < -0.4 is 5.32 Å². The standard InChI is InChI=1S/C16H34N2/c1-6-15(7-2)18(11-13(4)5)12-16(17-8-3)14-9-10-14/h13-17H,6-12H2,1-5H3. The Hall–Kier alpha value is -0.0800. The Bertz CT molecular complexity index is 207. The third-order valence-corrected chi connectivity index (χ3v) is 4.15. The Morgan fingerprint density at radius 1 is 1.06 bits per heavy atom. The van der Waals surface area contributed by atoms with Gasteiger partial charge in [-0.05, 0) is 44.1 Å². The fraction of sp³-hybridized carbons (Fsp3) is 1.00. The molecule has 0 aliphatic heterocycles. The van der Waals surface area contributed by atoms with Gasteiger partial charge in [-0.15, -0.1) is 0 Å². The van der Waals surface area contributed by atoms with Crippen LogP contribution in [0.4, 0.5) is 0 Å². The van der Waals surface area contributed by atoms with Gasteiger partial charge < -0.3 is 5.32 Å². The Labute approximate surface area is 115 Å². The van der Waals surface area contributed by atoms with Gasteiger partial charge in [0.2, 0.25) is 0 Å². The molecule has 0 bridgehead atoms. The highest BCUT2D eigenvalue weighted by Gasteiger charge is 2.32. The van der Waals surface area contributed by atoms with Crippen LogP contribution in [-0.4, -0.2) is 36.6 Å². The van der Waals surface area contributed by atoms with Crippen molar-refractivity contribution < 1.29 is 0 Å². The topological polar surface area (TPSA) is 15.3 Å². The van der Waals surface area contributed by atoms with Gasteiger partial charge in [-0.1, -0.05) is 34.6 Å². The van der Waals surface area contributed by atoms with Crippen LogP contribution in [0, 0.1) is 11.8 Å². The highest BCUT2D eigenvalue weighted by molar-refractivity contribution is 4.89. The van der Waals surface area contributed by atoms with Crippen molar-refractivity contribution in [2.75, 3.05) is 19.6 Å². The first-order valence-electron chi connectivity index (χ1n) is 8.09. The lowest BCUT2D eigenvalue weighted by Gasteiger charge is -2.35. The summed E-state index contributed by atoms with van der Waals surface area (Å²) in [5, 5.41) is 3.71. The smallest absolute Gasteiger partial charge is 0.0223 e. The predicted molar refractivity (Wildman–Crippen MR) is 81.0 cm³/mol. The van der Waals surface area contributed by atoms with E-state index < -0.39 is 0 Å². The molecule has 0 aromatic rings. The molecule has 1 aliphatic carbocycles. The van der Waals surface area contributed by atoms with Crippen LogP contribution >= 0.6 is 0 Å². The first-order chi connectivity index (χ1) is 8.62. The average molecular weight is 254 g/mol. The van der Waals surface area contributed by atoms with E-state index in [1.807, 2.05) is 0 Å². The molecule has 1 rings (SSSR count). The lowest BCUT2D eigenvalue weighted by molar-refractivity contribution is 0.144. The summed E-state index contributed by atoms with van der Waals surface area (Å²) < 4.78 is 0. The summed E-state index contributed by atoms with van der Waals surface area (Å²) in [5.74, 6) is 1.72.